The normalized spacial score (nSPS) is 11.5. The quantitative estimate of drug-likeness (QED) is 0.681. The molecule has 0 aliphatic heterocycles. The molecule has 0 saturated heterocycles. The van der Waals surface area contributed by atoms with Crippen molar-refractivity contribution in [3.63, 3.8) is 0 Å². The number of rotatable bonds is 4. The molecule has 0 bridgehead atoms. The van der Waals surface area contributed by atoms with Gasteiger partial charge >= 0.3 is 0 Å². The van der Waals surface area contributed by atoms with Gasteiger partial charge in [0, 0.05) is 22.6 Å². The Hall–Kier alpha value is -1.14. The van der Waals surface area contributed by atoms with Crippen LogP contribution in [0.1, 0.15) is 30.9 Å². The van der Waals surface area contributed by atoms with Crippen molar-refractivity contribution in [2.45, 2.75) is 32.0 Å². The molecular weight excluding hydrogens is 324 g/mol. The van der Waals surface area contributed by atoms with E-state index >= 15 is 0 Å². The Morgan fingerprint density at radius 1 is 1.32 bits per heavy atom. The molecular formula is C13H15BrN4S. The molecule has 0 radical (unpaired) electrons. The number of hydrogen-bond donors (Lipinski definition) is 0. The number of aromatic nitrogens is 4. The zero-order valence-electron chi connectivity index (χ0n) is 10.9. The zero-order valence-corrected chi connectivity index (χ0v) is 13.3. The number of thiazole rings is 1. The van der Waals surface area contributed by atoms with Crippen molar-refractivity contribution in [2.75, 3.05) is 0 Å². The van der Waals surface area contributed by atoms with Gasteiger partial charge in [0.1, 0.15) is 0 Å². The van der Waals surface area contributed by atoms with Gasteiger partial charge < -0.3 is 0 Å². The first kappa shape index (κ1) is 12.9. The smallest absolute Gasteiger partial charge is 0.195 e. The summed E-state index contributed by atoms with van der Waals surface area (Å²) in [5.41, 5.74) is 3.48. The monoisotopic (exact) mass is 338 g/mol. The van der Waals surface area contributed by atoms with E-state index in [0.29, 0.717) is 0 Å². The summed E-state index contributed by atoms with van der Waals surface area (Å²) >= 11 is 5.21. The van der Waals surface area contributed by atoms with Crippen LogP contribution < -0.4 is 0 Å². The number of halogens is 1. The van der Waals surface area contributed by atoms with Gasteiger partial charge in [0.05, 0.1) is 11.4 Å². The SMILES string of the molecule is CCc1cc(CC)n(-c2nc3sccn3c2CBr)n1. The lowest BCUT2D eigenvalue weighted by molar-refractivity contribution is 0.771. The highest BCUT2D eigenvalue weighted by molar-refractivity contribution is 9.08. The first-order chi connectivity index (χ1) is 9.28. The van der Waals surface area contributed by atoms with Crippen molar-refractivity contribution in [1.82, 2.24) is 19.2 Å². The van der Waals surface area contributed by atoms with Crippen LogP contribution in [0.4, 0.5) is 0 Å². The van der Waals surface area contributed by atoms with Crippen molar-refractivity contribution < 1.29 is 0 Å². The van der Waals surface area contributed by atoms with Crippen LogP contribution in [0.25, 0.3) is 10.8 Å². The van der Waals surface area contributed by atoms with Gasteiger partial charge in [-0.1, -0.05) is 29.8 Å². The summed E-state index contributed by atoms with van der Waals surface area (Å²) in [5, 5.41) is 7.50. The predicted octanol–water partition coefficient (Wildman–Crippen LogP) is 3.60. The topological polar surface area (TPSA) is 35.1 Å². The van der Waals surface area contributed by atoms with Gasteiger partial charge in [-0.05, 0) is 18.9 Å². The maximum absolute atomic E-state index is 4.72. The summed E-state index contributed by atoms with van der Waals surface area (Å²) in [5.74, 6) is 0.945. The Morgan fingerprint density at radius 2 is 2.16 bits per heavy atom. The lowest BCUT2D eigenvalue weighted by Gasteiger charge is -2.04. The van der Waals surface area contributed by atoms with E-state index in [1.807, 2.05) is 4.68 Å². The van der Waals surface area contributed by atoms with E-state index in [4.69, 9.17) is 4.98 Å². The number of nitrogens with zero attached hydrogens (tertiary/aromatic N) is 4. The lowest BCUT2D eigenvalue weighted by atomic mass is 10.2. The molecule has 0 spiro atoms. The highest BCUT2D eigenvalue weighted by Gasteiger charge is 2.17. The minimum atomic E-state index is 0.769. The predicted molar refractivity (Wildman–Crippen MR) is 81.6 cm³/mol. The molecule has 0 amide bonds. The van der Waals surface area contributed by atoms with Crippen molar-refractivity contribution in [2.24, 2.45) is 0 Å². The van der Waals surface area contributed by atoms with Crippen molar-refractivity contribution in [3.05, 3.63) is 34.7 Å². The van der Waals surface area contributed by atoms with Crippen LogP contribution in [0, 0.1) is 0 Å². The Bertz CT molecular complexity index is 709. The number of alkyl halides is 1. The summed E-state index contributed by atoms with van der Waals surface area (Å²) in [6.07, 6.45) is 3.97. The van der Waals surface area contributed by atoms with Crippen LogP contribution in [0.5, 0.6) is 0 Å². The molecule has 3 aromatic rings. The van der Waals surface area contributed by atoms with E-state index in [1.54, 1.807) is 11.3 Å². The molecule has 0 fully saturated rings. The van der Waals surface area contributed by atoms with Crippen LogP contribution in [0.3, 0.4) is 0 Å². The fraction of sp³-hybridized carbons (Fsp3) is 0.385. The third kappa shape index (κ3) is 2.03. The highest BCUT2D eigenvalue weighted by Crippen LogP contribution is 2.24. The minimum Gasteiger partial charge on any atom is -0.292 e. The fourth-order valence-corrected chi connectivity index (χ4v) is 3.45. The fourth-order valence-electron chi connectivity index (χ4n) is 2.20. The number of imidazole rings is 1. The molecule has 4 nitrogen and oxygen atoms in total. The molecule has 19 heavy (non-hydrogen) atoms. The second-order valence-corrected chi connectivity index (χ2v) is 5.75. The molecule has 0 aromatic carbocycles. The molecule has 3 heterocycles. The molecule has 3 aromatic heterocycles. The summed E-state index contributed by atoms with van der Waals surface area (Å²) in [6, 6.07) is 2.17. The van der Waals surface area contributed by atoms with Gasteiger partial charge in [-0.25, -0.2) is 4.68 Å². The molecule has 0 N–H and O–H groups in total. The van der Waals surface area contributed by atoms with E-state index in [9.17, 15) is 0 Å². The second-order valence-electron chi connectivity index (χ2n) is 4.32. The standard InChI is InChI=1S/C13H15BrN4S/c1-3-9-7-10(4-2)18(16-9)12-11(8-14)17-5-6-19-13(17)15-12/h5-7H,3-4,8H2,1-2H3. The van der Waals surface area contributed by atoms with Crippen molar-refractivity contribution >= 4 is 32.2 Å². The Kier molecular flexibility index (Phi) is 3.45. The van der Waals surface area contributed by atoms with Crippen LogP contribution in [-0.4, -0.2) is 19.2 Å². The van der Waals surface area contributed by atoms with Gasteiger partial charge in [-0.3, -0.25) is 4.40 Å². The molecule has 0 aliphatic carbocycles. The molecule has 3 rings (SSSR count). The summed E-state index contributed by atoms with van der Waals surface area (Å²) in [7, 11) is 0. The number of fused-ring (bicyclic) bond motifs is 1. The summed E-state index contributed by atoms with van der Waals surface area (Å²) in [6.45, 7) is 4.28. The van der Waals surface area contributed by atoms with Crippen molar-refractivity contribution in [1.29, 1.82) is 0 Å². The molecule has 0 aliphatic rings. The van der Waals surface area contributed by atoms with E-state index in [0.717, 1.165) is 40.3 Å². The molecule has 6 heteroatoms. The third-order valence-electron chi connectivity index (χ3n) is 3.23. The Morgan fingerprint density at radius 3 is 2.84 bits per heavy atom. The lowest BCUT2D eigenvalue weighted by Crippen LogP contribution is -2.05. The van der Waals surface area contributed by atoms with Gasteiger partial charge in [0.15, 0.2) is 10.8 Å². The maximum Gasteiger partial charge on any atom is 0.195 e. The van der Waals surface area contributed by atoms with Gasteiger partial charge in [0.2, 0.25) is 0 Å². The first-order valence-corrected chi connectivity index (χ1v) is 8.37. The van der Waals surface area contributed by atoms with Gasteiger partial charge in [-0.2, -0.15) is 10.1 Å². The molecule has 0 unspecified atom stereocenters. The summed E-state index contributed by atoms with van der Waals surface area (Å²) < 4.78 is 4.12. The maximum atomic E-state index is 4.72. The largest absolute Gasteiger partial charge is 0.292 e. The van der Waals surface area contributed by atoms with Gasteiger partial charge in [-0.15, -0.1) is 11.3 Å². The van der Waals surface area contributed by atoms with E-state index in [2.05, 4.69) is 56.9 Å². The first-order valence-electron chi connectivity index (χ1n) is 6.37. The number of hydrogen-bond acceptors (Lipinski definition) is 3. The average molecular weight is 339 g/mol. The highest BCUT2D eigenvalue weighted by atomic mass is 79.9. The van der Waals surface area contributed by atoms with E-state index in [1.165, 1.54) is 5.69 Å². The van der Waals surface area contributed by atoms with Crippen LogP contribution in [0.2, 0.25) is 0 Å². The Balaban J connectivity index is 2.22. The molecule has 0 atom stereocenters. The second kappa shape index (κ2) is 5.09. The van der Waals surface area contributed by atoms with Crippen LogP contribution in [-0.2, 0) is 18.2 Å². The van der Waals surface area contributed by atoms with E-state index in [-0.39, 0.29) is 0 Å². The van der Waals surface area contributed by atoms with Crippen LogP contribution >= 0.6 is 27.3 Å². The Labute approximate surface area is 124 Å². The van der Waals surface area contributed by atoms with Crippen LogP contribution in [0.15, 0.2) is 17.6 Å². The average Bonchev–Trinajstić information content (AvgIpc) is 3.10. The molecule has 100 valence electrons. The van der Waals surface area contributed by atoms with E-state index < -0.39 is 0 Å². The third-order valence-corrected chi connectivity index (χ3v) is 4.51. The summed E-state index contributed by atoms with van der Waals surface area (Å²) in [4.78, 5) is 5.74. The van der Waals surface area contributed by atoms with Gasteiger partial charge in [0.25, 0.3) is 0 Å². The van der Waals surface area contributed by atoms with Crippen molar-refractivity contribution in [3.8, 4) is 5.82 Å². The number of aryl methyl sites for hydroxylation is 2. The zero-order chi connectivity index (χ0) is 13.4. The molecule has 0 saturated carbocycles. The minimum absolute atomic E-state index is 0.769.